The number of nitrogens with one attached hydrogen (secondary N) is 4. The molecule has 0 saturated carbocycles. The minimum atomic E-state index is -0.228. The van der Waals surface area contributed by atoms with Crippen LogP contribution in [-0.4, -0.2) is 23.2 Å². The molecule has 2 heterocycles. The highest BCUT2D eigenvalue weighted by atomic mass is 35.5. The Hall–Kier alpha value is -3.77. The number of aromatic amines is 1. The zero-order valence-electron chi connectivity index (χ0n) is 18.7. The number of allylic oxidation sites excluding steroid dienone is 2. The predicted octanol–water partition coefficient (Wildman–Crippen LogP) is 5.43. The number of para-hydroxylation sites is 1. The maximum atomic E-state index is 13.0. The highest BCUT2D eigenvalue weighted by molar-refractivity contribution is 6.30. The summed E-state index contributed by atoms with van der Waals surface area (Å²) in [4.78, 5) is 29.2. The van der Waals surface area contributed by atoms with E-state index in [0.717, 1.165) is 40.3 Å². The fourth-order valence-electron chi connectivity index (χ4n) is 4.45. The van der Waals surface area contributed by atoms with Crippen LogP contribution in [0.5, 0.6) is 0 Å². The predicted molar refractivity (Wildman–Crippen MR) is 135 cm³/mol. The third-order valence-electron chi connectivity index (χ3n) is 6.04. The highest BCUT2D eigenvalue weighted by Crippen LogP contribution is 2.38. The summed E-state index contributed by atoms with van der Waals surface area (Å²) in [6.07, 6.45) is 5.28. The summed E-state index contributed by atoms with van der Waals surface area (Å²) in [6.45, 7) is 2.64. The van der Waals surface area contributed by atoms with E-state index < -0.39 is 0 Å². The number of fused-ring (bicyclic) bond motifs is 1. The van der Waals surface area contributed by atoms with Crippen molar-refractivity contribution < 1.29 is 9.59 Å². The Morgan fingerprint density at radius 3 is 2.59 bits per heavy atom. The van der Waals surface area contributed by atoms with Crippen LogP contribution in [0.15, 0.2) is 72.6 Å². The van der Waals surface area contributed by atoms with Crippen LogP contribution in [0, 0.1) is 5.92 Å². The van der Waals surface area contributed by atoms with Gasteiger partial charge in [0.15, 0.2) is 5.78 Å². The molecule has 4 N–H and O–H groups in total. The van der Waals surface area contributed by atoms with Gasteiger partial charge in [-0.25, -0.2) is 0 Å². The summed E-state index contributed by atoms with van der Waals surface area (Å²) in [5.74, 6) is 0.803. The van der Waals surface area contributed by atoms with Gasteiger partial charge in [-0.05, 0) is 54.8 Å². The molecule has 2 aliphatic rings. The van der Waals surface area contributed by atoms with Gasteiger partial charge >= 0.3 is 0 Å². The number of benzene rings is 2. The Bertz CT molecular complexity index is 1310. The largest absolute Gasteiger partial charge is 0.368 e. The van der Waals surface area contributed by atoms with Crippen LogP contribution in [0.2, 0.25) is 5.02 Å². The summed E-state index contributed by atoms with van der Waals surface area (Å²) in [5, 5.41) is 10.2. The third kappa shape index (κ3) is 4.50. The molecule has 0 radical (unpaired) electrons. The summed E-state index contributed by atoms with van der Waals surface area (Å²) in [6, 6.07) is 16.6. The molecule has 1 amide bonds. The molecule has 0 bridgehead atoms. The van der Waals surface area contributed by atoms with Crippen LogP contribution >= 0.6 is 11.6 Å². The Labute approximate surface area is 203 Å². The SMILES string of the molecule is CC1CC(=O)c2c([nH]c(C3=CCNC(NC(=O)c4ccc(Cl)cc4)=C3)c2Nc2ccccc2)C1. The van der Waals surface area contributed by atoms with E-state index in [1.807, 2.05) is 42.5 Å². The number of hydrogen-bond acceptors (Lipinski definition) is 4. The molecule has 3 aromatic rings. The van der Waals surface area contributed by atoms with Crippen LogP contribution < -0.4 is 16.0 Å². The molecule has 7 heteroatoms. The summed E-state index contributed by atoms with van der Waals surface area (Å²) < 4.78 is 0. The molecule has 1 aliphatic carbocycles. The number of halogens is 1. The third-order valence-corrected chi connectivity index (χ3v) is 6.30. The molecular formula is C27H25ClN4O2. The van der Waals surface area contributed by atoms with Crippen LogP contribution in [0.1, 0.15) is 45.4 Å². The first-order chi connectivity index (χ1) is 16.5. The standard InChI is InChI=1S/C27H25ClN4O2/c1-16-13-21-24(22(33)14-16)26(30-20-5-3-2-4-6-20)25(31-21)18-11-12-29-23(15-18)32-27(34)17-7-9-19(28)10-8-17/h2-11,15-16,29-31H,12-14H2,1H3,(H,32,34). The number of carbonyl (C=O) groups excluding carboxylic acids is 2. The number of ketones is 1. The van der Waals surface area contributed by atoms with Crippen molar-refractivity contribution in [2.24, 2.45) is 5.92 Å². The van der Waals surface area contributed by atoms with Crippen molar-refractivity contribution in [3.8, 4) is 0 Å². The van der Waals surface area contributed by atoms with E-state index in [9.17, 15) is 9.59 Å². The highest BCUT2D eigenvalue weighted by Gasteiger charge is 2.30. The summed E-state index contributed by atoms with van der Waals surface area (Å²) in [5.41, 5.74) is 5.64. The number of dihydropyridines is 1. The van der Waals surface area contributed by atoms with Crippen molar-refractivity contribution in [2.75, 3.05) is 11.9 Å². The quantitative estimate of drug-likeness (QED) is 0.398. The Kier molecular flexibility index (Phi) is 5.99. The number of amides is 1. The zero-order chi connectivity index (χ0) is 23.7. The van der Waals surface area contributed by atoms with Crippen LogP contribution in [0.3, 0.4) is 0 Å². The second-order valence-electron chi connectivity index (χ2n) is 8.72. The molecule has 0 saturated heterocycles. The molecule has 1 aliphatic heterocycles. The summed E-state index contributed by atoms with van der Waals surface area (Å²) in [7, 11) is 0. The lowest BCUT2D eigenvalue weighted by molar-refractivity contribution is 0.0949. The van der Waals surface area contributed by atoms with Gasteiger partial charge in [0.25, 0.3) is 5.91 Å². The van der Waals surface area contributed by atoms with Crippen LogP contribution in [0.25, 0.3) is 5.57 Å². The van der Waals surface area contributed by atoms with Gasteiger partial charge in [0.1, 0.15) is 5.82 Å². The number of anilines is 2. The van der Waals surface area contributed by atoms with Crippen LogP contribution in [-0.2, 0) is 6.42 Å². The average Bonchev–Trinajstić information content (AvgIpc) is 3.18. The minimum Gasteiger partial charge on any atom is -0.368 e. The topological polar surface area (TPSA) is 86.0 Å². The molecule has 6 nitrogen and oxygen atoms in total. The molecule has 5 rings (SSSR count). The van der Waals surface area contributed by atoms with Gasteiger partial charge in [0, 0.05) is 40.5 Å². The molecule has 2 aromatic carbocycles. The maximum absolute atomic E-state index is 13.0. The number of carbonyl (C=O) groups is 2. The van der Waals surface area contributed by atoms with Gasteiger partial charge in [-0.1, -0.05) is 42.8 Å². The smallest absolute Gasteiger partial charge is 0.256 e. The number of Topliss-reactive ketones (excluding diaryl/α,β-unsaturated/α-hetero) is 1. The van der Waals surface area contributed by atoms with Crippen molar-refractivity contribution >= 4 is 40.2 Å². The van der Waals surface area contributed by atoms with Gasteiger partial charge in [-0.3, -0.25) is 9.59 Å². The van der Waals surface area contributed by atoms with Gasteiger partial charge in [-0.15, -0.1) is 0 Å². The Morgan fingerprint density at radius 1 is 1.06 bits per heavy atom. The van der Waals surface area contributed by atoms with E-state index in [1.165, 1.54) is 0 Å². The second kappa shape index (κ2) is 9.23. The van der Waals surface area contributed by atoms with Crippen molar-refractivity contribution in [3.63, 3.8) is 0 Å². The summed E-state index contributed by atoms with van der Waals surface area (Å²) >= 11 is 5.93. The minimum absolute atomic E-state index is 0.143. The second-order valence-corrected chi connectivity index (χ2v) is 9.15. The van der Waals surface area contributed by atoms with E-state index in [-0.39, 0.29) is 11.7 Å². The van der Waals surface area contributed by atoms with E-state index in [0.29, 0.717) is 35.3 Å². The number of rotatable bonds is 5. The van der Waals surface area contributed by atoms with Gasteiger partial charge in [-0.2, -0.15) is 0 Å². The van der Waals surface area contributed by atoms with Crippen molar-refractivity contribution in [1.29, 1.82) is 0 Å². The Balaban J connectivity index is 1.48. The molecule has 1 atom stereocenters. The lowest BCUT2D eigenvalue weighted by Crippen LogP contribution is -2.33. The molecular weight excluding hydrogens is 448 g/mol. The van der Waals surface area contributed by atoms with Gasteiger partial charge < -0.3 is 20.9 Å². The van der Waals surface area contributed by atoms with E-state index in [4.69, 9.17) is 11.6 Å². The number of aromatic nitrogens is 1. The first kappa shape index (κ1) is 22.0. The first-order valence-corrected chi connectivity index (χ1v) is 11.7. The van der Waals surface area contributed by atoms with Gasteiger partial charge in [0.05, 0.1) is 16.9 Å². The van der Waals surface area contributed by atoms with Crippen LogP contribution in [0.4, 0.5) is 11.4 Å². The zero-order valence-corrected chi connectivity index (χ0v) is 19.5. The fourth-order valence-corrected chi connectivity index (χ4v) is 4.57. The van der Waals surface area contributed by atoms with E-state index >= 15 is 0 Å². The van der Waals surface area contributed by atoms with Crippen molar-refractivity contribution in [2.45, 2.75) is 19.8 Å². The van der Waals surface area contributed by atoms with Gasteiger partial charge in [0.2, 0.25) is 0 Å². The number of H-pyrrole nitrogens is 1. The molecule has 172 valence electrons. The molecule has 1 aromatic heterocycles. The monoisotopic (exact) mass is 472 g/mol. The Morgan fingerprint density at radius 2 is 1.82 bits per heavy atom. The molecule has 1 unspecified atom stereocenters. The first-order valence-electron chi connectivity index (χ1n) is 11.3. The number of hydrogen-bond donors (Lipinski definition) is 4. The van der Waals surface area contributed by atoms with E-state index in [1.54, 1.807) is 24.3 Å². The normalized spacial score (nSPS) is 17.2. The van der Waals surface area contributed by atoms with Crippen molar-refractivity contribution in [3.05, 3.63) is 100 Å². The molecule has 34 heavy (non-hydrogen) atoms. The molecule has 0 fully saturated rings. The van der Waals surface area contributed by atoms with Crippen molar-refractivity contribution in [1.82, 2.24) is 15.6 Å². The lowest BCUT2D eigenvalue weighted by atomic mass is 9.87. The lowest BCUT2D eigenvalue weighted by Gasteiger charge is -2.19. The fraction of sp³-hybridized carbons (Fsp3) is 0.185. The average molecular weight is 473 g/mol. The molecule has 0 spiro atoms. The van der Waals surface area contributed by atoms with E-state index in [2.05, 4.69) is 27.9 Å². The maximum Gasteiger partial charge on any atom is 0.256 e.